The third-order valence-corrected chi connectivity index (χ3v) is 5.85. The second kappa shape index (κ2) is 11.9. The third kappa shape index (κ3) is 6.96. The molecule has 2 N–H and O–H groups in total. The van der Waals surface area contributed by atoms with Crippen molar-refractivity contribution in [3.05, 3.63) is 84.1 Å². The minimum absolute atomic E-state index is 0.0354. The van der Waals surface area contributed by atoms with Gasteiger partial charge in [-0.05, 0) is 42.3 Å². The van der Waals surface area contributed by atoms with Gasteiger partial charge in [-0.2, -0.15) is 0 Å². The van der Waals surface area contributed by atoms with Crippen LogP contribution in [0.2, 0.25) is 0 Å². The van der Waals surface area contributed by atoms with E-state index in [4.69, 9.17) is 4.74 Å². The molecule has 0 atom stereocenters. The van der Waals surface area contributed by atoms with Crippen molar-refractivity contribution in [1.29, 1.82) is 0 Å². The molecule has 1 aliphatic rings. The molecule has 0 unspecified atom stereocenters. The van der Waals surface area contributed by atoms with E-state index in [1.165, 1.54) is 0 Å². The summed E-state index contributed by atoms with van der Waals surface area (Å²) in [4.78, 5) is 33.4. The van der Waals surface area contributed by atoms with Gasteiger partial charge in [-0.1, -0.05) is 42.5 Å². The number of pyridine rings is 1. The van der Waals surface area contributed by atoms with Gasteiger partial charge in [0.15, 0.2) is 0 Å². The molecule has 8 heteroatoms. The monoisotopic (exact) mass is 473 g/mol. The molecule has 0 radical (unpaired) electrons. The Labute approximate surface area is 205 Å². The Morgan fingerprint density at radius 3 is 2.49 bits per heavy atom. The summed E-state index contributed by atoms with van der Waals surface area (Å²) in [5.41, 5.74) is 2.66. The molecule has 2 heterocycles. The molecule has 35 heavy (non-hydrogen) atoms. The van der Waals surface area contributed by atoms with E-state index in [0.717, 1.165) is 30.0 Å². The van der Waals surface area contributed by atoms with Gasteiger partial charge >= 0.3 is 6.03 Å². The van der Waals surface area contributed by atoms with Crippen molar-refractivity contribution in [2.75, 3.05) is 42.9 Å². The average molecular weight is 474 g/mol. The first-order valence-corrected chi connectivity index (χ1v) is 11.8. The highest BCUT2D eigenvalue weighted by Gasteiger charge is 2.21. The third-order valence-electron chi connectivity index (χ3n) is 5.85. The highest BCUT2D eigenvalue weighted by Crippen LogP contribution is 2.26. The number of nitrogens with zero attached hydrogens (tertiary/aromatic N) is 3. The number of hydrogen-bond donors (Lipinski definition) is 2. The first kappa shape index (κ1) is 24.1. The number of anilines is 2. The first-order valence-electron chi connectivity index (χ1n) is 11.8. The van der Waals surface area contributed by atoms with Crippen molar-refractivity contribution in [3.8, 4) is 5.75 Å². The fraction of sp³-hybridized carbons (Fsp3) is 0.296. The molecule has 2 aromatic carbocycles. The van der Waals surface area contributed by atoms with Crippen LogP contribution in [0.25, 0.3) is 0 Å². The van der Waals surface area contributed by atoms with E-state index in [1.807, 2.05) is 78.6 Å². The quantitative estimate of drug-likeness (QED) is 0.519. The molecule has 8 nitrogen and oxygen atoms in total. The lowest BCUT2D eigenvalue weighted by Crippen LogP contribution is -2.49. The maximum atomic E-state index is 12.6. The zero-order valence-corrected chi connectivity index (χ0v) is 19.9. The van der Waals surface area contributed by atoms with E-state index in [2.05, 4.69) is 20.5 Å². The minimum atomic E-state index is -0.369. The second-order valence-corrected chi connectivity index (χ2v) is 8.46. The zero-order chi connectivity index (χ0) is 24.5. The van der Waals surface area contributed by atoms with Gasteiger partial charge in [0.25, 0.3) is 0 Å². The first-order chi connectivity index (χ1) is 17.1. The number of aromatic nitrogens is 1. The van der Waals surface area contributed by atoms with Crippen LogP contribution in [0.1, 0.15) is 17.5 Å². The Kier molecular flexibility index (Phi) is 8.17. The molecule has 0 aliphatic carbocycles. The number of ether oxygens (including phenoxy) is 1. The Morgan fingerprint density at radius 1 is 0.971 bits per heavy atom. The number of carbonyl (C=O) groups is 2. The fourth-order valence-corrected chi connectivity index (χ4v) is 3.92. The van der Waals surface area contributed by atoms with Crippen molar-refractivity contribution in [3.63, 3.8) is 0 Å². The SMILES string of the molecule is Cc1ccc(NC(=O)NCCC(=O)N2CCN(c3ccccn3)CC2)c(OCc2ccccc2)c1. The summed E-state index contributed by atoms with van der Waals surface area (Å²) in [6.45, 7) is 5.42. The molecule has 3 aromatic rings. The van der Waals surface area contributed by atoms with Gasteiger partial charge in [-0.3, -0.25) is 4.79 Å². The highest BCUT2D eigenvalue weighted by molar-refractivity contribution is 5.91. The fourth-order valence-electron chi connectivity index (χ4n) is 3.92. The largest absolute Gasteiger partial charge is 0.487 e. The van der Waals surface area contributed by atoms with Crippen LogP contribution in [-0.2, 0) is 11.4 Å². The highest BCUT2D eigenvalue weighted by atomic mass is 16.5. The van der Waals surface area contributed by atoms with E-state index in [1.54, 1.807) is 6.20 Å². The molecule has 0 saturated carbocycles. The maximum absolute atomic E-state index is 12.6. The summed E-state index contributed by atoms with van der Waals surface area (Å²) in [6.07, 6.45) is 2.03. The lowest BCUT2D eigenvalue weighted by molar-refractivity contribution is -0.131. The number of piperazine rings is 1. The zero-order valence-electron chi connectivity index (χ0n) is 19.9. The van der Waals surface area contributed by atoms with Gasteiger partial charge in [-0.25, -0.2) is 9.78 Å². The van der Waals surface area contributed by atoms with Crippen LogP contribution in [0.5, 0.6) is 5.75 Å². The molecule has 182 valence electrons. The number of aryl methyl sites for hydroxylation is 1. The van der Waals surface area contributed by atoms with Crippen molar-refractivity contribution in [2.45, 2.75) is 20.0 Å². The molecular weight excluding hydrogens is 442 g/mol. The lowest BCUT2D eigenvalue weighted by atomic mass is 10.2. The van der Waals surface area contributed by atoms with Crippen molar-refractivity contribution >= 4 is 23.4 Å². The van der Waals surface area contributed by atoms with Gasteiger partial charge in [0.1, 0.15) is 18.2 Å². The number of amides is 3. The predicted octanol–water partition coefficient (Wildman–Crippen LogP) is 3.83. The van der Waals surface area contributed by atoms with E-state index < -0.39 is 0 Å². The summed E-state index contributed by atoms with van der Waals surface area (Å²) in [5.74, 6) is 1.57. The van der Waals surface area contributed by atoms with E-state index in [0.29, 0.717) is 31.1 Å². The van der Waals surface area contributed by atoms with Crippen LogP contribution in [0.15, 0.2) is 72.9 Å². The van der Waals surface area contributed by atoms with Crippen molar-refractivity contribution in [2.24, 2.45) is 0 Å². The van der Waals surface area contributed by atoms with Gasteiger partial charge < -0.3 is 25.2 Å². The molecule has 1 aromatic heterocycles. The average Bonchev–Trinajstić information content (AvgIpc) is 2.90. The Morgan fingerprint density at radius 2 is 1.74 bits per heavy atom. The van der Waals surface area contributed by atoms with Gasteiger partial charge in [0.05, 0.1) is 5.69 Å². The van der Waals surface area contributed by atoms with Crippen LogP contribution in [0, 0.1) is 6.92 Å². The predicted molar refractivity (Wildman–Crippen MR) is 137 cm³/mol. The van der Waals surface area contributed by atoms with Crippen LogP contribution in [-0.4, -0.2) is 54.5 Å². The second-order valence-electron chi connectivity index (χ2n) is 8.46. The lowest BCUT2D eigenvalue weighted by Gasteiger charge is -2.35. The number of urea groups is 1. The van der Waals surface area contributed by atoms with E-state index in [-0.39, 0.29) is 24.9 Å². The van der Waals surface area contributed by atoms with Crippen LogP contribution >= 0.6 is 0 Å². The Bertz CT molecular complexity index is 1120. The molecule has 1 aliphatic heterocycles. The summed E-state index contributed by atoms with van der Waals surface area (Å²) in [7, 11) is 0. The normalized spacial score (nSPS) is 13.3. The topological polar surface area (TPSA) is 86.8 Å². The summed E-state index contributed by atoms with van der Waals surface area (Å²) in [6, 6.07) is 21.0. The standard InChI is InChI=1S/C27H31N5O3/c1-21-10-11-23(24(19-21)35-20-22-7-3-2-4-8-22)30-27(34)29-14-12-26(33)32-17-15-31(16-18-32)25-9-5-6-13-28-25/h2-11,13,19H,12,14-18,20H2,1H3,(H2,29,30,34). The number of carbonyl (C=O) groups excluding carboxylic acids is 2. The number of hydrogen-bond acceptors (Lipinski definition) is 5. The number of rotatable bonds is 8. The molecule has 4 rings (SSSR count). The smallest absolute Gasteiger partial charge is 0.319 e. The Hall–Kier alpha value is -4.07. The minimum Gasteiger partial charge on any atom is -0.487 e. The van der Waals surface area contributed by atoms with E-state index in [9.17, 15) is 9.59 Å². The molecule has 0 bridgehead atoms. The summed E-state index contributed by atoms with van der Waals surface area (Å²) < 4.78 is 5.96. The molecule has 3 amide bonds. The summed E-state index contributed by atoms with van der Waals surface area (Å²) >= 11 is 0. The maximum Gasteiger partial charge on any atom is 0.319 e. The number of benzene rings is 2. The summed E-state index contributed by atoms with van der Waals surface area (Å²) in [5, 5.41) is 5.62. The van der Waals surface area contributed by atoms with Crippen LogP contribution in [0.3, 0.4) is 0 Å². The van der Waals surface area contributed by atoms with Gasteiger partial charge in [0.2, 0.25) is 5.91 Å². The van der Waals surface area contributed by atoms with Crippen molar-refractivity contribution in [1.82, 2.24) is 15.2 Å². The number of nitrogens with one attached hydrogen (secondary N) is 2. The van der Waals surface area contributed by atoms with Crippen molar-refractivity contribution < 1.29 is 14.3 Å². The van der Waals surface area contributed by atoms with E-state index >= 15 is 0 Å². The van der Waals surface area contributed by atoms with Crippen LogP contribution < -0.4 is 20.3 Å². The molecule has 0 spiro atoms. The molecule has 1 saturated heterocycles. The van der Waals surface area contributed by atoms with Gasteiger partial charge in [0, 0.05) is 45.3 Å². The van der Waals surface area contributed by atoms with Crippen LogP contribution in [0.4, 0.5) is 16.3 Å². The molecule has 1 fully saturated rings. The molecular formula is C27H31N5O3. The Balaban J connectivity index is 1.21. The van der Waals surface area contributed by atoms with Gasteiger partial charge in [-0.15, -0.1) is 0 Å².